The highest BCUT2D eigenvalue weighted by Gasteiger charge is 2.08. The number of rotatable bonds is 3. The van der Waals surface area contributed by atoms with Gasteiger partial charge in [0.25, 0.3) is 5.91 Å². The molecule has 3 rings (SSSR count). The molecule has 3 aromatic rings. The Balaban J connectivity index is 1.82. The van der Waals surface area contributed by atoms with Gasteiger partial charge in [-0.25, -0.2) is 9.67 Å². The largest absolute Gasteiger partial charge is 0.322 e. The number of hydrogen-bond donors (Lipinski definition) is 1. The molecule has 7 nitrogen and oxygen atoms in total. The SMILES string of the molecule is O=C(Nc1cccc(-n2cnnn2)c1)c1ccnc(Cl)c1. The molecule has 1 N–H and O–H groups in total. The van der Waals surface area contributed by atoms with E-state index in [0.29, 0.717) is 11.3 Å². The third-order valence-electron chi connectivity index (χ3n) is 2.71. The second kappa shape index (κ2) is 5.68. The van der Waals surface area contributed by atoms with Crippen LogP contribution in [0.25, 0.3) is 5.69 Å². The van der Waals surface area contributed by atoms with E-state index in [1.165, 1.54) is 23.3 Å². The Bertz CT molecular complexity index is 774. The summed E-state index contributed by atoms with van der Waals surface area (Å²) in [4.78, 5) is 16.0. The lowest BCUT2D eigenvalue weighted by Gasteiger charge is -2.07. The van der Waals surface area contributed by atoms with Crippen molar-refractivity contribution in [3.05, 3.63) is 59.6 Å². The van der Waals surface area contributed by atoms with Crippen LogP contribution in [0.1, 0.15) is 10.4 Å². The summed E-state index contributed by atoms with van der Waals surface area (Å²) in [5.41, 5.74) is 1.80. The van der Waals surface area contributed by atoms with E-state index in [-0.39, 0.29) is 11.1 Å². The second-order valence-electron chi connectivity index (χ2n) is 4.13. The molecule has 0 atom stereocenters. The summed E-state index contributed by atoms with van der Waals surface area (Å²) in [6, 6.07) is 10.3. The van der Waals surface area contributed by atoms with Gasteiger partial charge in [-0.3, -0.25) is 4.79 Å². The fourth-order valence-electron chi connectivity index (χ4n) is 1.75. The van der Waals surface area contributed by atoms with E-state index in [1.807, 2.05) is 6.07 Å². The Kier molecular flexibility index (Phi) is 3.57. The highest BCUT2D eigenvalue weighted by atomic mass is 35.5. The van der Waals surface area contributed by atoms with Crippen LogP contribution in [-0.4, -0.2) is 31.1 Å². The van der Waals surface area contributed by atoms with Crippen molar-refractivity contribution in [1.29, 1.82) is 0 Å². The quantitative estimate of drug-likeness (QED) is 0.747. The van der Waals surface area contributed by atoms with Crippen molar-refractivity contribution in [1.82, 2.24) is 25.2 Å². The number of nitrogens with one attached hydrogen (secondary N) is 1. The van der Waals surface area contributed by atoms with Crippen LogP contribution in [0, 0.1) is 0 Å². The highest BCUT2D eigenvalue weighted by Crippen LogP contribution is 2.15. The summed E-state index contributed by atoms with van der Waals surface area (Å²) in [7, 11) is 0. The molecule has 0 bridgehead atoms. The molecule has 0 unspecified atom stereocenters. The van der Waals surface area contributed by atoms with Gasteiger partial charge in [0.1, 0.15) is 11.5 Å². The zero-order valence-corrected chi connectivity index (χ0v) is 11.4. The van der Waals surface area contributed by atoms with Crippen LogP contribution in [0.3, 0.4) is 0 Å². The summed E-state index contributed by atoms with van der Waals surface area (Å²) in [5, 5.41) is 14.0. The Labute approximate surface area is 124 Å². The molecule has 2 heterocycles. The van der Waals surface area contributed by atoms with Crippen molar-refractivity contribution in [3.8, 4) is 5.69 Å². The minimum Gasteiger partial charge on any atom is -0.322 e. The van der Waals surface area contributed by atoms with Crippen molar-refractivity contribution < 1.29 is 4.79 Å². The summed E-state index contributed by atoms with van der Waals surface area (Å²) in [5.74, 6) is -0.270. The molecule has 0 fully saturated rings. The van der Waals surface area contributed by atoms with Gasteiger partial charge in [-0.2, -0.15) is 0 Å². The smallest absolute Gasteiger partial charge is 0.255 e. The van der Waals surface area contributed by atoms with Crippen molar-refractivity contribution >= 4 is 23.2 Å². The molecule has 2 aromatic heterocycles. The molecule has 1 amide bonds. The number of hydrogen-bond acceptors (Lipinski definition) is 5. The van der Waals surface area contributed by atoms with E-state index < -0.39 is 0 Å². The lowest BCUT2D eigenvalue weighted by molar-refractivity contribution is 0.102. The topological polar surface area (TPSA) is 85.6 Å². The second-order valence-corrected chi connectivity index (χ2v) is 4.51. The standard InChI is InChI=1S/C13H9ClN6O/c14-12-6-9(4-5-15-12)13(21)17-10-2-1-3-11(7-10)20-8-16-18-19-20/h1-8H,(H,17,21). The maximum Gasteiger partial charge on any atom is 0.255 e. The molecule has 1 aromatic carbocycles. The van der Waals surface area contributed by atoms with E-state index >= 15 is 0 Å². The number of pyridine rings is 1. The molecule has 0 saturated heterocycles. The molecular formula is C13H9ClN6O. The Hall–Kier alpha value is -2.80. The molecular weight excluding hydrogens is 292 g/mol. The minimum absolute atomic E-state index is 0.269. The van der Waals surface area contributed by atoms with Gasteiger partial charge in [0.15, 0.2) is 0 Å². The maximum absolute atomic E-state index is 12.1. The van der Waals surface area contributed by atoms with Gasteiger partial charge < -0.3 is 5.32 Å². The summed E-state index contributed by atoms with van der Waals surface area (Å²) in [6.07, 6.45) is 2.96. The highest BCUT2D eigenvalue weighted by molar-refractivity contribution is 6.29. The van der Waals surface area contributed by atoms with Crippen molar-refractivity contribution in [2.45, 2.75) is 0 Å². The summed E-state index contributed by atoms with van der Waals surface area (Å²) >= 11 is 5.77. The molecule has 0 spiro atoms. The van der Waals surface area contributed by atoms with Gasteiger partial charge in [-0.1, -0.05) is 17.7 Å². The Morgan fingerprint density at radius 2 is 2.14 bits per heavy atom. The molecule has 21 heavy (non-hydrogen) atoms. The lowest BCUT2D eigenvalue weighted by Crippen LogP contribution is -2.12. The van der Waals surface area contributed by atoms with E-state index in [2.05, 4.69) is 25.8 Å². The molecule has 0 saturated carbocycles. The zero-order chi connectivity index (χ0) is 14.7. The lowest BCUT2D eigenvalue weighted by atomic mass is 10.2. The summed E-state index contributed by atoms with van der Waals surface area (Å²) < 4.78 is 1.50. The predicted molar refractivity (Wildman–Crippen MR) is 76.4 cm³/mol. The number of halogens is 1. The number of amides is 1. The van der Waals surface area contributed by atoms with Crippen LogP contribution in [-0.2, 0) is 0 Å². The van der Waals surface area contributed by atoms with E-state index in [1.54, 1.807) is 24.3 Å². The molecule has 8 heteroatoms. The first-order valence-electron chi connectivity index (χ1n) is 5.99. The molecule has 0 aliphatic rings. The number of carbonyl (C=O) groups excluding carboxylic acids is 1. The normalized spacial score (nSPS) is 10.3. The predicted octanol–water partition coefficient (Wildman–Crippen LogP) is 1.96. The van der Waals surface area contributed by atoms with Crippen LogP contribution in [0.2, 0.25) is 5.15 Å². The fraction of sp³-hybridized carbons (Fsp3) is 0. The van der Waals surface area contributed by atoms with E-state index in [4.69, 9.17) is 11.6 Å². The molecule has 0 radical (unpaired) electrons. The Morgan fingerprint density at radius 1 is 1.24 bits per heavy atom. The van der Waals surface area contributed by atoms with E-state index in [9.17, 15) is 4.79 Å². The summed E-state index contributed by atoms with van der Waals surface area (Å²) in [6.45, 7) is 0. The Morgan fingerprint density at radius 3 is 2.90 bits per heavy atom. The van der Waals surface area contributed by atoms with Crippen LogP contribution < -0.4 is 5.32 Å². The van der Waals surface area contributed by atoms with Gasteiger partial charge in [-0.05, 0) is 40.8 Å². The average Bonchev–Trinajstić information content (AvgIpc) is 3.02. The average molecular weight is 301 g/mol. The van der Waals surface area contributed by atoms with Crippen LogP contribution in [0.4, 0.5) is 5.69 Å². The van der Waals surface area contributed by atoms with Crippen molar-refractivity contribution in [2.75, 3.05) is 5.32 Å². The number of aromatic nitrogens is 5. The number of anilines is 1. The fourth-order valence-corrected chi connectivity index (χ4v) is 1.93. The first-order valence-corrected chi connectivity index (χ1v) is 6.36. The molecule has 0 aliphatic carbocycles. The zero-order valence-electron chi connectivity index (χ0n) is 10.6. The minimum atomic E-state index is -0.270. The van der Waals surface area contributed by atoms with Gasteiger partial charge >= 0.3 is 0 Å². The van der Waals surface area contributed by atoms with Crippen LogP contribution >= 0.6 is 11.6 Å². The van der Waals surface area contributed by atoms with Gasteiger partial charge in [0.2, 0.25) is 0 Å². The number of tetrazole rings is 1. The van der Waals surface area contributed by atoms with Gasteiger partial charge in [0.05, 0.1) is 5.69 Å². The van der Waals surface area contributed by atoms with E-state index in [0.717, 1.165) is 5.69 Å². The third kappa shape index (κ3) is 3.03. The van der Waals surface area contributed by atoms with Crippen molar-refractivity contribution in [2.24, 2.45) is 0 Å². The number of nitrogens with zero attached hydrogens (tertiary/aromatic N) is 5. The number of carbonyl (C=O) groups is 1. The molecule has 0 aliphatic heterocycles. The third-order valence-corrected chi connectivity index (χ3v) is 2.91. The van der Waals surface area contributed by atoms with Crippen LogP contribution in [0.5, 0.6) is 0 Å². The van der Waals surface area contributed by atoms with Gasteiger partial charge in [-0.15, -0.1) is 5.10 Å². The first kappa shape index (κ1) is 13.2. The van der Waals surface area contributed by atoms with Gasteiger partial charge in [0, 0.05) is 17.4 Å². The monoisotopic (exact) mass is 300 g/mol. The van der Waals surface area contributed by atoms with Crippen LogP contribution in [0.15, 0.2) is 48.9 Å². The van der Waals surface area contributed by atoms with Crippen molar-refractivity contribution in [3.63, 3.8) is 0 Å². The molecule has 104 valence electrons. The first-order chi connectivity index (χ1) is 10.2. The number of benzene rings is 1. The maximum atomic E-state index is 12.1.